The highest BCUT2D eigenvalue weighted by Crippen LogP contribution is 2.45. The average molecular weight is 411 g/mol. The molecule has 2 aromatic carbocycles. The molecule has 0 bridgehead atoms. The van der Waals surface area contributed by atoms with Gasteiger partial charge >= 0.3 is 5.97 Å². The highest BCUT2D eigenvalue weighted by Gasteiger charge is 2.27. The summed E-state index contributed by atoms with van der Waals surface area (Å²) in [5.41, 5.74) is 3.32. The summed E-state index contributed by atoms with van der Waals surface area (Å²) in [6, 6.07) is 9.37. The largest absolute Gasteiger partial charge is 0.493 e. The van der Waals surface area contributed by atoms with Crippen LogP contribution < -0.4 is 19.5 Å². The van der Waals surface area contributed by atoms with E-state index in [0.29, 0.717) is 29.4 Å². The number of ether oxygens (including phenoxy) is 4. The zero-order valence-corrected chi connectivity index (χ0v) is 17.2. The second-order valence-corrected chi connectivity index (χ2v) is 7.38. The third kappa shape index (κ3) is 3.79. The van der Waals surface area contributed by atoms with Gasteiger partial charge in [-0.2, -0.15) is 0 Å². The highest BCUT2D eigenvalue weighted by atomic mass is 16.6. The van der Waals surface area contributed by atoms with Crippen LogP contribution in [-0.2, 0) is 16.1 Å². The fourth-order valence-corrected chi connectivity index (χ4v) is 3.72. The van der Waals surface area contributed by atoms with Crippen molar-refractivity contribution < 1.29 is 28.5 Å². The Morgan fingerprint density at radius 3 is 2.53 bits per heavy atom. The average Bonchev–Trinajstić information content (AvgIpc) is 3.09. The Bertz CT molecular complexity index is 966. The van der Waals surface area contributed by atoms with Crippen LogP contribution in [0.2, 0.25) is 0 Å². The molecule has 0 unspecified atom stereocenters. The van der Waals surface area contributed by atoms with Crippen molar-refractivity contribution in [1.82, 2.24) is 5.32 Å². The van der Waals surface area contributed by atoms with Gasteiger partial charge in [0.2, 0.25) is 5.75 Å². The molecule has 1 fully saturated rings. The van der Waals surface area contributed by atoms with Crippen molar-refractivity contribution in [2.75, 3.05) is 27.4 Å². The van der Waals surface area contributed by atoms with Crippen molar-refractivity contribution in [2.45, 2.75) is 25.8 Å². The predicted molar refractivity (Wildman–Crippen MR) is 110 cm³/mol. The van der Waals surface area contributed by atoms with Gasteiger partial charge in [-0.15, -0.1) is 0 Å². The molecule has 1 saturated carbocycles. The minimum atomic E-state index is -0.154. The molecule has 1 amide bonds. The number of methoxy groups -OCH3 is 2. The minimum Gasteiger partial charge on any atom is -0.493 e. The van der Waals surface area contributed by atoms with E-state index in [1.165, 1.54) is 0 Å². The fourth-order valence-electron chi connectivity index (χ4n) is 3.72. The van der Waals surface area contributed by atoms with Crippen molar-refractivity contribution in [2.24, 2.45) is 5.92 Å². The van der Waals surface area contributed by atoms with E-state index in [9.17, 15) is 9.59 Å². The Labute approximate surface area is 175 Å². The van der Waals surface area contributed by atoms with E-state index in [1.807, 2.05) is 30.3 Å². The molecule has 0 aromatic heterocycles. The van der Waals surface area contributed by atoms with E-state index in [-0.39, 0.29) is 31.0 Å². The van der Waals surface area contributed by atoms with Crippen LogP contribution in [0.3, 0.4) is 0 Å². The molecule has 7 heteroatoms. The number of nitrogens with one attached hydrogen (secondary N) is 1. The fraction of sp³-hybridized carbons (Fsp3) is 0.391. The summed E-state index contributed by atoms with van der Waals surface area (Å²) in [6.07, 6.45) is 2.90. The third-order valence-electron chi connectivity index (χ3n) is 5.61. The quantitative estimate of drug-likeness (QED) is 0.530. The van der Waals surface area contributed by atoms with E-state index in [2.05, 4.69) is 5.32 Å². The van der Waals surface area contributed by atoms with Crippen molar-refractivity contribution >= 4 is 11.9 Å². The summed E-state index contributed by atoms with van der Waals surface area (Å²) in [7, 11) is 3.12. The van der Waals surface area contributed by atoms with Gasteiger partial charge < -0.3 is 24.3 Å². The molecule has 0 radical (unpaired) electrons. The van der Waals surface area contributed by atoms with E-state index in [4.69, 9.17) is 18.9 Å². The molecule has 158 valence electrons. The molecule has 0 saturated heterocycles. The molecular formula is C23H25NO6. The standard InChI is InChI=1S/C23H25NO6/c1-27-19-9-8-17(15-6-7-18-16(12-15)13-24-22(18)25)20(21(19)28-2)29-10-11-30-23(26)14-4-3-5-14/h6-9,12,14H,3-5,10-11,13H2,1-2H3,(H,24,25). The summed E-state index contributed by atoms with van der Waals surface area (Å²) < 4.78 is 22.3. The zero-order chi connectivity index (χ0) is 21.1. The molecule has 2 aliphatic rings. The second kappa shape index (κ2) is 8.65. The van der Waals surface area contributed by atoms with Gasteiger partial charge in [0.1, 0.15) is 13.2 Å². The number of benzene rings is 2. The van der Waals surface area contributed by atoms with Crippen molar-refractivity contribution in [3.05, 3.63) is 41.5 Å². The predicted octanol–water partition coefficient (Wildman–Crippen LogP) is 3.34. The van der Waals surface area contributed by atoms with Gasteiger partial charge in [0, 0.05) is 17.7 Å². The lowest BCUT2D eigenvalue weighted by molar-refractivity contribution is -0.152. The van der Waals surface area contributed by atoms with Gasteiger partial charge in [0.05, 0.1) is 20.1 Å². The van der Waals surface area contributed by atoms with Crippen LogP contribution in [0, 0.1) is 5.92 Å². The lowest BCUT2D eigenvalue weighted by Gasteiger charge is -2.23. The van der Waals surface area contributed by atoms with Crippen molar-refractivity contribution in [3.63, 3.8) is 0 Å². The molecule has 1 heterocycles. The number of hydrogen-bond acceptors (Lipinski definition) is 6. The number of hydrogen-bond donors (Lipinski definition) is 1. The molecule has 2 aromatic rings. The number of carbonyl (C=O) groups excluding carboxylic acids is 2. The summed E-state index contributed by atoms with van der Waals surface area (Å²) in [6.45, 7) is 0.861. The van der Waals surface area contributed by atoms with Gasteiger partial charge in [-0.25, -0.2) is 0 Å². The smallest absolute Gasteiger partial charge is 0.309 e. The van der Waals surface area contributed by atoms with Crippen LogP contribution >= 0.6 is 0 Å². The maximum atomic E-state index is 11.9. The number of amides is 1. The molecule has 1 aliphatic heterocycles. The number of carbonyl (C=O) groups is 2. The number of fused-ring (bicyclic) bond motifs is 1. The van der Waals surface area contributed by atoms with Crippen LogP contribution in [-0.4, -0.2) is 39.3 Å². The molecular weight excluding hydrogens is 386 g/mol. The SMILES string of the molecule is COc1ccc(-c2ccc3c(c2)CNC3=O)c(OCCOC(=O)C2CCC2)c1OC. The highest BCUT2D eigenvalue weighted by molar-refractivity contribution is 5.99. The Balaban J connectivity index is 1.57. The number of rotatable bonds is 8. The molecule has 0 spiro atoms. The van der Waals surface area contributed by atoms with Gasteiger partial charge in [0.15, 0.2) is 11.5 Å². The molecule has 0 atom stereocenters. The first-order chi connectivity index (χ1) is 14.6. The van der Waals surface area contributed by atoms with Crippen LogP contribution in [0.1, 0.15) is 35.2 Å². The normalized spacial score (nSPS) is 15.1. The van der Waals surface area contributed by atoms with E-state index < -0.39 is 0 Å². The minimum absolute atomic E-state index is 0.0367. The molecule has 7 nitrogen and oxygen atoms in total. The van der Waals surface area contributed by atoms with Crippen molar-refractivity contribution in [1.29, 1.82) is 0 Å². The van der Waals surface area contributed by atoms with E-state index >= 15 is 0 Å². The topological polar surface area (TPSA) is 83.1 Å². The lowest BCUT2D eigenvalue weighted by Crippen LogP contribution is -2.25. The Morgan fingerprint density at radius 1 is 1.03 bits per heavy atom. The van der Waals surface area contributed by atoms with Gasteiger partial charge in [-0.05, 0) is 48.2 Å². The van der Waals surface area contributed by atoms with Crippen LogP contribution in [0.15, 0.2) is 30.3 Å². The second-order valence-electron chi connectivity index (χ2n) is 7.38. The molecule has 30 heavy (non-hydrogen) atoms. The summed E-state index contributed by atoms with van der Waals surface area (Å²) in [5, 5.41) is 2.83. The summed E-state index contributed by atoms with van der Waals surface area (Å²) >= 11 is 0. The summed E-state index contributed by atoms with van der Waals surface area (Å²) in [5.74, 6) is 1.34. The lowest BCUT2D eigenvalue weighted by atomic mass is 9.86. The maximum Gasteiger partial charge on any atom is 0.309 e. The zero-order valence-electron chi connectivity index (χ0n) is 17.2. The van der Waals surface area contributed by atoms with Crippen LogP contribution in [0.25, 0.3) is 11.1 Å². The first kappa shape index (κ1) is 20.1. The summed E-state index contributed by atoms with van der Waals surface area (Å²) in [4.78, 5) is 23.8. The van der Waals surface area contributed by atoms with Gasteiger partial charge in [-0.3, -0.25) is 9.59 Å². The monoisotopic (exact) mass is 411 g/mol. The molecule has 4 rings (SSSR count). The Morgan fingerprint density at radius 2 is 1.83 bits per heavy atom. The van der Waals surface area contributed by atoms with Crippen LogP contribution in [0.5, 0.6) is 17.2 Å². The first-order valence-corrected chi connectivity index (χ1v) is 10.1. The van der Waals surface area contributed by atoms with Crippen molar-refractivity contribution in [3.8, 4) is 28.4 Å². The maximum absolute atomic E-state index is 11.9. The van der Waals surface area contributed by atoms with E-state index in [0.717, 1.165) is 36.0 Å². The third-order valence-corrected chi connectivity index (χ3v) is 5.61. The first-order valence-electron chi connectivity index (χ1n) is 10.1. The van der Waals surface area contributed by atoms with E-state index in [1.54, 1.807) is 14.2 Å². The molecule has 1 aliphatic carbocycles. The Hall–Kier alpha value is -3.22. The molecule has 1 N–H and O–H groups in total. The van der Waals surface area contributed by atoms with Gasteiger partial charge in [-0.1, -0.05) is 12.5 Å². The Kier molecular flexibility index (Phi) is 5.79. The van der Waals surface area contributed by atoms with Gasteiger partial charge in [0.25, 0.3) is 5.91 Å². The van der Waals surface area contributed by atoms with Crippen LogP contribution in [0.4, 0.5) is 0 Å². The number of esters is 1.